The average Bonchev–Trinajstić information content (AvgIpc) is 2.83. The van der Waals surface area contributed by atoms with E-state index in [0.29, 0.717) is 0 Å². The third-order valence-electron chi connectivity index (χ3n) is 3.05. The monoisotopic (exact) mass is 317 g/mol. The van der Waals surface area contributed by atoms with Crippen LogP contribution in [0.15, 0.2) is 36.4 Å². The zero-order valence-electron chi connectivity index (χ0n) is 11.0. The summed E-state index contributed by atoms with van der Waals surface area (Å²) in [4.78, 5) is 0. The molecule has 2 aromatic carbocycles. The summed E-state index contributed by atoms with van der Waals surface area (Å²) in [6.45, 7) is 5.09. The van der Waals surface area contributed by atoms with E-state index in [1.807, 2.05) is 12.1 Å². The molecule has 0 atom stereocenters. The Bertz CT molecular complexity index is 698. The number of hydrogen-bond acceptors (Lipinski definition) is 3. The van der Waals surface area contributed by atoms with Gasteiger partial charge < -0.3 is 0 Å². The molecule has 3 aromatic rings. The summed E-state index contributed by atoms with van der Waals surface area (Å²) in [5, 5.41) is 3.47. The zero-order valence-corrected chi connectivity index (χ0v) is 12.7. The van der Waals surface area contributed by atoms with Gasteiger partial charge in [0, 0.05) is 0 Å². The summed E-state index contributed by atoms with van der Waals surface area (Å²) >= 11 is 0.0278. The van der Waals surface area contributed by atoms with Gasteiger partial charge in [-0.1, -0.05) is 0 Å². The van der Waals surface area contributed by atoms with Crippen molar-refractivity contribution in [3.8, 4) is 0 Å². The molecule has 4 heteroatoms. The SMILES string of the molecule is Cc1cc(C)cc(CNc2cccc3n[se]nc23)c1. The molecule has 0 bridgehead atoms. The Labute approximate surface area is 118 Å². The van der Waals surface area contributed by atoms with Crippen molar-refractivity contribution in [1.29, 1.82) is 0 Å². The fraction of sp³-hybridized carbons (Fsp3) is 0.200. The van der Waals surface area contributed by atoms with Crippen molar-refractivity contribution in [2.24, 2.45) is 0 Å². The quantitative estimate of drug-likeness (QED) is 0.755. The first kappa shape index (κ1) is 12.4. The molecule has 19 heavy (non-hydrogen) atoms. The Morgan fingerprint density at radius 3 is 2.63 bits per heavy atom. The molecule has 0 amide bonds. The third kappa shape index (κ3) is 2.70. The van der Waals surface area contributed by atoms with Crippen molar-refractivity contribution in [1.82, 2.24) is 7.96 Å². The van der Waals surface area contributed by atoms with Gasteiger partial charge in [-0.15, -0.1) is 0 Å². The second kappa shape index (κ2) is 5.16. The molecule has 3 nitrogen and oxygen atoms in total. The molecule has 96 valence electrons. The first-order valence-electron chi connectivity index (χ1n) is 6.25. The van der Waals surface area contributed by atoms with Crippen LogP contribution in [0, 0.1) is 13.8 Å². The van der Waals surface area contributed by atoms with Gasteiger partial charge in [0.15, 0.2) is 0 Å². The maximum absolute atomic E-state index is 4.48. The van der Waals surface area contributed by atoms with Crippen LogP contribution in [-0.2, 0) is 6.54 Å². The van der Waals surface area contributed by atoms with Crippen LogP contribution in [-0.4, -0.2) is 22.9 Å². The van der Waals surface area contributed by atoms with Gasteiger partial charge in [0.2, 0.25) is 0 Å². The second-order valence-electron chi connectivity index (χ2n) is 4.79. The van der Waals surface area contributed by atoms with E-state index in [4.69, 9.17) is 0 Å². The Kier molecular flexibility index (Phi) is 3.36. The van der Waals surface area contributed by atoms with Gasteiger partial charge in [0.1, 0.15) is 0 Å². The molecule has 0 aliphatic carbocycles. The summed E-state index contributed by atoms with van der Waals surface area (Å²) in [7, 11) is 0. The number of hydrogen-bond donors (Lipinski definition) is 1. The van der Waals surface area contributed by atoms with Crippen LogP contribution in [0.25, 0.3) is 11.0 Å². The molecule has 0 unspecified atom stereocenters. The Morgan fingerprint density at radius 1 is 1.05 bits per heavy atom. The van der Waals surface area contributed by atoms with Crippen LogP contribution in [0.5, 0.6) is 0 Å². The molecule has 1 N–H and O–H groups in total. The van der Waals surface area contributed by atoms with Crippen LogP contribution in [0.2, 0.25) is 0 Å². The van der Waals surface area contributed by atoms with Gasteiger partial charge in [-0.2, -0.15) is 0 Å². The standard InChI is InChI=1S/C15H15N3Se/c1-10-6-11(2)8-12(7-10)9-16-13-4-3-5-14-15(13)18-19-17-14/h3-8,16H,9H2,1-2H3. The summed E-state index contributed by atoms with van der Waals surface area (Å²) in [6, 6.07) is 12.8. The van der Waals surface area contributed by atoms with Gasteiger partial charge in [-0.25, -0.2) is 0 Å². The van der Waals surface area contributed by atoms with E-state index in [1.54, 1.807) is 0 Å². The molecule has 0 saturated carbocycles. The summed E-state index contributed by atoms with van der Waals surface area (Å²) < 4.78 is 8.88. The first-order valence-corrected chi connectivity index (χ1v) is 7.78. The van der Waals surface area contributed by atoms with Gasteiger partial charge in [0.25, 0.3) is 0 Å². The minimum absolute atomic E-state index is 0.0278. The van der Waals surface area contributed by atoms with Crippen molar-refractivity contribution in [3.05, 3.63) is 53.1 Å². The third-order valence-corrected chi connectivity index (χ3v) is 4.19. The van der Waals surface area contributed by atoms with Gasteiger partial charge in [0.05, 0.1) is 0 Å². The van der Waals surface area contributed by atoms with E-state index < -0.39 is 0 Å². The van der Waals surface area contributed by atoms with Crippen LogP contribution in [0.3, 0.4) is 0 Å². The Hall–Kier alpha value is -1.64. The van der Waals surface area contributed by atoms with Crippen molar-refractivity contribution in [2.45, 2.75) is 20.4 Å². The van der Waals surface area contributed by atoms with Crippen LogP contribution in [0.4, 0.5) is 5.69 Å². The second-order valence-corrected chi connectivity index (χ2v) is 5.90. The molecule has 0 aliphatic heterocycles. The van der Waals surface area contributed by atoms with Gasteiger partial charge in [-0.3, -0.25) is 0 Å². The molecule has 1 heterocycles. The molecular weight excluding hydrogens is 301 g/mol. The molecule has 0 radical (unpaired) electrons. The average molecular weight is 316 g/mol. The van der Waals surface area contributed by atoms with Crippen LogP contribution in [0.1, 0.15) is 16.7 Å². The van der Waals surface area contributed by atoms with Crippen molar-refractivity contribution < 1.29 is 0 Å². The summed E-state index contributed by atoms with van der Waals surface area (Å²) in [6.07, 6.45) is 0. The number of nitrogens with one attached hydrogen (secondary N) is 1. The van der Waals surface area contributed by atoms with Crippen molar-refractivity contribution in [3.63, 3.8) is 0 Å². The number of aromatic nitrogens is 2. The molecule has 0 saturated heterocycles. The predicted octanol–water partition coefficient (Wildman–Crippen LogP) is 2.92. The normalized spacial score (nSPS) is 10.8. The first-order chi connectivity index (χ1) is 9.22. The van der Waals surface area contributed by atoms with Gasteiger partial charge in [-0.05, 0) is 0 Å². The number of fused-ring (bicyclic) bond motifs is 1. The zero-order chi connectivity index (χ0) is 13.2. The van der Waals surface area contributed by atoms with Crippen LogP contribution >= 0.6 is 0 Å². The maximum atomic E-state index is 4.48. The van der Waals surface area contributed by atoms with E-state index >= 15 is 0 Å². The van der Waals surface area contributed by atoms with E-state index in [-0.39, 0.29) is 15.0 Å². The van der Waals surface area contributed by atoms with Crippen molar-refractivity contribution in [2.75, 3.05) is 5.32 Å². The minimum atomic E-state index is 0.0278. The Balaban J connectivity index is 1.84. The number of rotatable bonds is 3. The van der Waals surface area contributed by atoms with E-state index in [2.05, 4.69) is 51.4 Å². The van der Waals surface area contributed by atoms with Crippen molar-refractivity contribution >= 4 is 31.7 Å². The molecule has 0 fully saturated rings. The summed E-state index contributed by atoms with van der Waals surface area (Å²) in [5.74, 6) is 0. The fourth-order valence-electron chi connectivity index (χ4n) is 2.32. The molecular formula is C15H15N3Se. The number of benzene rings is 2. The predicted molar refractivity (Wildman–Crippen MR) is 79.7 cm³/mol. The molecule has 0 spiro atoms. The fourth-order valence-corrected chi connectivity index (χ4v) is 3.47. The van der Waals surface area contributed by atoms with E-state index in [1.165, 1.54) is 16.7 Å². The van der Waals surface area contributed by atoms with E-state index in [0.717, 1.165) is 23.3 Å². The topological polar surface area (TPSA) is 37.8 Å². The van der Waals surface area contributed by atoms with Crippen LogP contribution < -0.4 is 5.32 Å². The molecule has 1 aromatic heterocycles. The molecule has 3 rings (SSSR count). The van der Waals surface area contributed by atoms with E-state index in [9.17, 15) is 0 Å². The number of anilines is 1. The number of aryl methyl sites for hydroxylation is 2. The Morgan fingerprint density at radius 2 is 1.84 bits per heavy atom. The van der Waals surface area contributed by atoms with Gasteiger partial charge >= 0.3 is 118 Å². The summed E-state index contributed by atoms with van der Waals surface area (Å²) in [5.41, 5.74) is 7.03. The molecule has 0 aliphatic rings. The number of nitrogens with zero attached hydrogens (tertiary/aromatic N) is 2.